The van der Waals surface area contributed by atoms with Crippen molar-refractivity contribution in [3.05, 3.63) is 90.0 Å². The molecule has 2 nitrogen and oxygen atoms in total. The molecule has 9 heteroatoms. The first-order valence-corrected chi connectivity index (χ1v) is 9.83. The Bertz CT molecular complexity index is 949. The summed E-state index contributed by atoms with van der Waals surface area (Å²) in [6.45, 7) is 0. The number of hydrogen-bond donors (Lipinski definition) is 0. The quantitative estimate of drug-likeness (QED) is 0.373. The number of hydrogen-bond acceptors (Lipinski definition) is 2. The summed E-state index contributed by atoms with van der Waals surface area (Å²) < 4.78 is 96.4. The van der Waals surface area contributed by atoms with E-state index in [2.05, 4.69) is 0 Å². The third-order valence-corrected chi connectivity index (χ3v) is 6.47. The van der Waals surface area contributed by atoms with Gasteiger partial charge in [-0.3, -0.25) is 4.57 Å². The van der Waals surface area contributed by atoms with Crippen LogP contribution < -0.4 is 15.1 Å². The van der Waals surface area contributed by atoms with Gasteiger partial charge in [0.05, 0.1) is 21.7 Å². The first-order valence-electron chi connectivity index (χ1n) is 8.20. The molecule has 3 aromatic carbocycles. The molecule has 0 saturated carbocycles. The minimum absolute atomic E-state index is 0.0749. The number of halogens is 6. The topological polar surface area (TPSA) is 26.3 Å². The summed E-state index contributed by atoms with van der Waals surface area (Å²) in [5, 5.41) is -0.150. The van der Waals surface area contributed by atoms with Crippen molar-refractivity contribution < 1.29 is 35.4 Å². The third-order valence-electron chi connectivity index (χ3n) is 4.05. The largest absolute Gasteiger partial charge is 0.437 e. The molecule has 0 aliphatic carbocycles. The number of benzene rings is 3. The van der Waals surface area contributed by atoms with E-state index in [1.165, 1.54) is 12.1 Å². The van der Waals surface area contributed by atoms with Crippen molar-refractivity contribution in [3.8, 4) is 5.75 Å². The SMILES string of the molecule is O=P(Oc1ccccc1)(c1ccc(C(F)(F)F)cc1)c1ccc(C(F)(F)F)cc1. The minimum Gasteiger partial charge on any atom is -0.437 e. The lowest BCUT2D eigenvalue weighted by atomic mass is 10.2. The van der Waals surface area contributed by atoms with Crippen molar-refractivity contribution in [3.63, 3.8) is 0 Å². The molecule has 0 spiro atoms. The standard InChI is InChI=1S/C20H13F6O2P/c21-19(22,23)14-6-10-17(11-7-14)29(27,28-16-4-2-1-3-5-16)18-12-8-15(9-13-18)20(24,25)26/h1-13H. The van der Waals surface area contributed by atoms with E-state index in [-0.39, 0.29) is 16.4 Å². The molecule has 0 fully saturated rings. The van der Waals surface area contributed by atoms with Crippen LogP contribution in [0.4, 0.5) is 26.3 Å². The van der Waals surface area contributed by atoms with E-state index in [0.717, 1.165) is 48.5 Å². The molecule has 0 saturated heterocycles. The van der Waals surface area contributed by atoms with Crippen molar-refractivity contribution in [2.45, 2.75) is 12.4 Å². The Kier molecular flexibility index (Phi) is 5.50. The van der Waals surface area contributed by atoms with Crippen molar-refractivity contribution in [1.29, 1.82) is 0 Å². The summed E-state index contributed by atoms with van der Waals surface area (Å²) in [7, 11) is -4.02. The Morgan fingerprint density at radius 1 is 0.586 bits per heavy atom. The van der Waals surface area contributed by atoms with E-state index < -0.39 is 30.8 Å². The van der Waals surface area contributed by atoms with Gasteiger partial charge in [0.25, 0.3) is 0 Å². The van der Waals surface area contributed by atoms with Crippen LogP contribution in [-0.4, -0.2) is 0 Å². The molecule has 0 radical (unpaired) electrons. The first kappa shape index (κ1) is 21.0. The van der Waals surface area contributed by atoms with Crippen molar-refractivity contribution >= 4 is 18.0 Å². The average Bonchev–Trinajstić information content (AvgIpc) is 2.67. The Hall–Kier alpha value is -2.73. The van der Waals surface area contributed by atoms with Gasteiger partial charge in [0.1, 0.15) is 5.75 Å². The summed E-state index contributed by atoms with van der Waals surface area (Å²) >= 11 is 0. The molecule has 3 rings (SSSR count). The van der Waals surface area contributed by atoms with Gasteiger partial charge in [-0.2, -0.15) is 26.3 Å². The fourth-order valence-electron chi connectivity index (χ4n) is 2.58. The third kappa shape index (κ3) is 4.65. The highest BCUT2D eigenvalue weighted by atomic mass is 31.2. The smallest absolute Gasteiger partial charge is 0.416 e. The highest BCUT2D eigenvalue weighted by molar-refractivity contribution is 7.74. The van der Waals surface area contributed by atoms with Gasteiger partial charge in [-0.05, 0) is 60.7 Å². The maximum Gasteiger partial charge on any atom is 0.416 e. The zero-order chi connectivity index (χ0) is 21.3. The zero-order valence-corrected chi connectivity index (χ0v) is 15.4. The maximum atomic E-state index is 13.7. The van der Waals surface area contributed by atoms with Crippen LogP contribution in [0.2, 0.25) is 0 Å². The molecule has 0 bridgehead atoms. The molecular formula is C20H13F6O2P. The molecular weight excluding hydrogens is 417 g/mol. The van der Waals surface area contributed by atoms with Crippen LogP contribution in [-0.2, 0) is 16.9 Å². The van der Waals surface area contributed by atoms with Gasteiger partial charge >= 0.3 is 19.7 Å². The van der Waals surface area contributed by atoms with Gasteiger partial charge < -0.3 is 4.52 Å². The Balaban J connectivity index is 2.08. The predicted molar refractivity (Wildman–Crippen MR) is 96.8 cm³/mol. The van der Waals surface area contributed by atoms with E-state index in [4.69, 9.17) is 4.52 Å². The maximum absolute atomic E-state index is 13.7. The van der Waals surface area contributed by atoms with Crippen LogP contribution in [0.1, 0.15) is 11.1 Å². The van der Waals surface area contributed by atoms with Gasteiger partial charge in [0, 0.05) is 0 Å². The molecule has 0 aromatic heterocycles. The van der Waals surface area contributed by atoms with Crippen LogP contribution in [0.15, 0.2) is 78.9 Å². The lowest BCUT2D eigenvalue weighted by Gasteiger charge is -2.21. The van der Waals surface area contributed by atoms with Gasteiger partial charge in [-0.1, -0.05) is 18.2 Å². The summed E-state index contributed by atoms with van der Waals surface area (Å²) in [6.07, 6.45) is -9.17. The van der Waals surface area contributed by atoms with Crippen LogP contribution in [0, 0.1) is 0 Å². The molecule has 152 valence electrons. The summed E-state index contributed by atoms with van der Waals surface area (Å²) in [6, 6.07) is 14.9. The van der Waals surface area contributed by atoms with E-state index in [1.54, 1.807) is 18.2 Å². The van der Waals surface area contributed by atoms with Crippen molar-refractivity contribution in [2.75, 3.05) is 0 Å². The summed E-state index contributed by atoms with van der Waals surface area (Å²) in [4.78, 5) is 0. The molecule has 0 atom stereocenters. The minimum atomic E-state index is -4.59. The summed E-state index contributed by atoms with van der Waals surface area (Å²) in [5.74, 6) is 0.163. The zero-order valence-electron chi connectivity index (χ0n) is 14.5. The lowest BCUT2D eigenvalue weighted by Crippen LogP contribution is -2.21. The molecule has 0 amide bonds. The number of para-hydroxylation sites is 1. The fraction of sp³-hybridized carbons (Fsp3) is 0.100. The molecule has 29 heavy (non-hydrogen) atoms. The van der Waals surface area contributed by atoms with E-state index in [9.17, 15) is 30.9 Å². The molecule has 0 heterocycles. The van der Waals surface area contributed by atoms with Crippen LogP contribution in [0.25, 0.3) is 0 Å². The Morgan fingerprint density at radius 2 is 0.966 bits per heavy atom. The molecule has 0 N–H and O–H groups in total. The van der Waals surface area contributed by atoms with Crippen molar-refractivity contribution in [1.82, 2.24) is 0 Å². The molecule has 0 aliphatic rings. The van der Waals surface area contributed by atoms with Crippen LogP contribution in [0.5, 0.6) is 5.75 Å². The van der Waals surface area contributed by atoms with E-state index in [1.807, 2.05) is 0 Å². The molecule has 0 aliphatic heterocycles. The van der Waals surface area contributed by atoms with Gasteiger partial charge in [0.2, 0.25) is 0 Å². The number of alkyl halides is 6. The fourth-order valence-corrected chi connectivity index (χ4v) is 4.59. The van der Waals surface area contributed by atoms with Gasteiger partial charge in [-0.15, -0.1) is 0 Å². The van der Waals surface area contributed by atoms with Crippen molar-refractivity contribution in [2.24, 2.45) is 0 Å². The predicted octanol–water partition coefficient (Wildman–Crippen LogP) is 6.03. The van der Waals surface area contributed by atoms with Gasteiger partial charge in [-0.25, -0.2) is 0 Å². The second kappa shape index (κ2) is 7.59. The normalized spacial score (nSPS) is 12.6. The highest BCUT2D eigenvalue weighted by Gasteiger charge is 2.35. The average molecular weight is 430 g/mol. The molecule has 3 aromatic rings. The number of rotatable bonds is 4. The van der Waals surface area contributed by atoms with Gasteiger partial charge in [0.15, 0.2) is 0 Å². The Morgan fingerprint density at radius 3 is 1.31 bits per heavy atom. The second-order valence-electron chi connectivity index (χ2n) is 6.05. The van der Waals surface area contributed by atoms with E-state index >= 15 is 0 Å². The Labute approximate surface area is 162 Å². The first-order chi connectivity index (χ1) is 13.5. The summed E-state index contributed by atoms with van der Waals surface area (Å²) in [5.41, 5.74) is -1.89. The highest BCUT2D eigenvalue weighted by Crippen LogP contribution is 2.46. The van der Waals surface area contributed by atoms with E-state index in [0.29, 0.717) is 0 Å². The molecule has 0 unspecified atom stereocenters. The van der Waals surface area contributed by atoms with Crippen LogP contribution in [0.3, 0.4) is 0 Å². The lowest BCUT2D eigenvalue weighted by molar-refractivity contribution is -0.138. The second-order valence-corrected chi connectivity index (χ2v) is 8.36. The van der Waals surface area contributed by atoms with Crippen LogP contribution >= 0.6 is 7.37 Å². The monoisotopic (exact) mass is 430 g/mol.